The van der Waals surface area contributed by atoms with Gasteiger partial charge in [-0.05, 0) is 60.9 Å². The number of anilines is 1. The molecule has 1 N–H and O–H groups in total. The molecule has 0 amide bonds. The summed E-state index contributed by atoms with van der Waals surface area (Å²) in [4.78, 5) is 13.2. The van der Waals surface area contributed by atoms with E-state index in [1.54, 1.807) is 19.2 Å². The van der Waals surface area contributed by atoms with Gasteiger partial charge in [0.1, 0.15) is 29.2 Å². The van der Waals surface area contributed by atoms with Crippen molar-refractivity contribution in [2.75, 3.05) is 12.4 Å². The van der Waals surface area contributed by atoms with Gasteiger partial charge in [-0.2, -0.15) is 0 Å². The monoisotopic (exact) mass is 388 g/mol. The molecule has 1 atom stereocenters. The van der Waals surface area contributed by atoms with Crippen molar-refractivity contribution in [2.45, 2.75) is 19.9 Å². The number of rotatable bonds is 5. The van der Waals surface area contributed by atoms with E-state index in [1.165, 1.54) is 18.5 Å². The van der Waals surface area contributed by atoms with Gasteiger partial charge in [0.25, 0.3) is 0 Å². The van der Waals surface area contributed by atoms with Crippen molar-refractivity contribution < 1.29 is 9.13 Å². The maximum atomic E-state index is 13.3. The zero-order chi connectivity index (χ0) is 20.4. The van der Waals surface area contributed by atoms with E-state index in [9.17, 15) is 4.39 Å². The van der Waals surface area contributed by atoms with Crippen LogP contribution in [0.1, 0.15) is 24.2 Å². The van der Waals surface area contributed by atoms with Gasteiger partial charge in [0.15, 0.2) is 0 Å². The second kappa shape index (κ2) is 7.83. The molecular weight excluding hydrogens is 367 g/mol. The Morgan fingerprint density at radius 1 is 0.966 bits per heavy atom. The highest BCUT2D eigenvalue weighted by molar-refractivity contribution is 5.96. The van der Waals surface area contributed by atoms with Crippen molar-refractivity contribution >= 4 is 16.7 Å². The maximum absolute atomic E-state index is 13.3. The van der Waals surface area contributed by atoms with Crippen molar-refractivity contribution in [1.82, 2.24) is 15.0 Å². The number of benzene rings is 2. The molecular formula is C23H21FN4O. The van der Waals surface area contributed by atoms with Gasteiger partial charge < -0.3 is 10.1 Å². The Morgan fingerprint density at radius 3 is 2.45 bits per heavy atom. The second-order valence-electron chi connectivity index (χ2n) is 6.90. The maximum Gasteiger partial charge on any atom is 0.145 e. The molecule has 146 valence electrons. The summed E-state index contributed by atoms with van der Waals surface area (Å²) in [6.07, 6.45) is 3.38. The number of fused-ring (bicyclic) bond motifs is 1. The van der Waals surface area contributed by atoms with Crippen molar-refractivity contribution in [2.24, 2.45) is 0 Å². The number of nitrogens with zero attached hydrogens (tertiary/aromatic N) is 3. The molecule has 0 aliphatic carbocycles. The average Bonchev–Trinajstić information content (AvgIpc) is 2.74. The summed E-state index contributed by atoms with van der Waals surface area (Å²) < 4.78 is 18.9. The first-order valence-corrected chi connectivity index (χ1v) is 9.33. The Labute approximate surface area is 168 Å². The first kappa shape index (κ1) is 18.8. The fourth-order valence-electron chi connectivity index (χ4n) is 3.24. The van der Waals surface area contributed by atoms with Crippen molar-refractivity contribution in [3.8, 4) is 16.9 Å². The molecule has 0 aliphatic rings. The highest BCUT2D eigenvalue weighted by atomic mass is 19.1. The smallest absolute Gasteiger partial charge is 0.145 e. The molecule has 0 fully saturated rings. The van der Waals surface area contributed by atoms with E-state index in [0.29, 0.717) is 17.1 Å². The minimum atomic E-state index is -0.271. The Hall–Kier alpha value is -3.54. The standard InChI is InChI=1S/C23H21FN4O/c1-14-4-5-17(12-25-14)15(2)28-23-20-10-18(16-6-8-19(24)9-7-16)11-21(29-3)22(20)26-13-27-23/h4-13,15H,1-3H3,(H,26,27,28). The number of hydrogen-bond donors (Lipinski definition) is 1. The Balaban J connectivity index is 1.78. The highest BCUT2D eigenvalue weighted by Crippen LogP contribution is 2.35. The van der Waals surface area contributed by atoms with Crippen LogP contribution in [-0.2, 0) is 0 Å². The van der Waals surface area contributed by atoms with Gasteiger partial charge >= 0.3 is 0 Å². The van der Waals surface area contributed by atoms with E-state index in [-0.39, 0.29) is 11.9 Å². The molecule has 29 heavy (non-hydrogen) atoms. The van der Waals surface area contributed by atoms with E-state index >= 15 is 0 Å². The lowest BCUT2D eigenvalue weighted by molar-refractivity contribution is 0.419. The number of halogens is 1. The molecule has 4 rings (SSSR count). The number of pyridine rings is 1. The van der Waals surface area contributed by atoms with E-state index in [1.807, 2.05) is 37.4 Å². The normalized spacial score (nSPS) is 12.0. The molecule has 0 aliphatic heterocycles. The first-order valence-electron chi connectivity index (χ1n) is 9.33. The quantitative estimate of drug-likeness (QED) is 0.501. The summed E-state index contributed by atoms with van der Waals surface area (Å²) in [5.41, 5.74) is 4.53. The third-order valence-corrected chi connectivity index (χ3v) is 4.89. The number of hydrogen-bond acceptors (Lipinski definition) is 5. The third kappa shape index (κ3) is 3.87. The molecule has 0 spiro atoms. The Morgan fingerprint density at radius 2 is 1.76 bits per heavy atom. The minimum Gasteiger partial charge on any atom is -0.494 e. The molecule has 0 radical (unpaired) electrons. The predicted octanol–water partition coefficient (Wildman–Crippen LogP) is 5.32. The van der Waals surface area contributed by atoms with Crippen molar-refractivity contribution in [3.63, 3.8) is 0 Å². The van der Waals surface area contributed by atoms with Crippen LogP contribution in [0.5, 0.6) is 5.75 Å². The van der Waals surface area contributed by atoms with Gasteiger partial charge in [0, 0.05) is 17.3 Å². The van der Waals surface area contributed by atoms with Crippen molar-refractivity contribution in [1.29, 1.82) is 0 Å². The van der Waals surface area contributed by atoms with E-state index in [2.05, 4.69) is 27.2 Å². The van der Waals surface area contributed by atoms with Crippen LogP contribution in [0.2, 0.25) is 0 Å². The largest absolute Gasteiger partial charge is 0.494 e. The van der Waals surface area contributed by atoms with Crippen LogP contribution in [0.4, 0.5) is 10.2 Å². The summed E-state index contributed by atoms with van der Waals surface area (Å²) >= 11 is 0. The molecule has 2 aromatic carbocycles. The molecule has 5 nitrogen and oxygen atoms in total. The van der Waals surface area contributed by atoms with E-state index in [0.717, 1.165) is 27.8 Å². The fourth-order valence-corrected chi connectivity index (χ4v) is 3.24. The summed E-state index contributed by atoms with van der Waals surface area (Å²) in [6, 6.07) is 14.3. The molecule has 0 saturated carbocycles. The average molecular weight is 388 g/mol. The summed E-state index contributed by atoms with van der Waals surface area (Å²) in [5, 5.41) is 4.28. The van der Waals surface area contributed by atoms with Gasteiger partial charge in [0.2, 0.25) is 0 Å². The van der Waals surface area contributed by atoms with Gasteiger partial charge in [-0.3, -0.25) is 4.98 Å². The topological polar surface area (TPSA) is 59.9 Å². The second-order valence-corrected chi connectivity index (χ2v) is 6.90. The van der Waals surface area contributed by atoms with Gasteiger partial charge in [0.05, 0.1) is 13.2 Å². The van der Waals surface area contributed by atoms with Crippen LogP contribution in [0, 0.1) is 12.7 Å². The highest BCUT2D eigenvalue weighted by Gasteiger charge is 2.14. The van der Waals surface area contributed by atoms with Gasteiger partial charge in [-0.1, -0.05) is 18.2 Å². The predicted molar refractivity (Wildman–Crippen MR) is 112 cm³/mol. The number of aromatic nitrogens is 3. The number of methoxy groups -OCH3 is 1. The van der Waals surface area contributed by atoms with Gasteiger partial charge in [-0.15, -0.1) is 0 Å². The Kier molecular flexibility index (Phi) is 5.08. The van der Waals surface area contributed by atoms with Crippen LogP contribution in [-0.4, -0.2) is 22.1 Å². The zero-order valence-corrected chi connectivity index (χ0v) is 16.5. The zero-order valence-electron chi connectivity index (χ0n) is 16.5. The SMILES string of the molecule is COc1cc(-c2ccc(F)cc2)cc2c(NC(C)c3ccc(C)nc3)ncnc12. The molecule has 0 bridgehead atoms. The lowest BCUT2D eigenvalue weighted by Gasteiger charge is -2.17. The number of ether oxygens (including phenoxy) is 1. The minimum absolute atomic E-state index is 0.00155. The van der Waals surface area contributed by atoms with E-state index in [4.69, 9.17) is 4.74 Å². The number of aryl methyl sites for hydroxylation is 1. The first-order chi connectivity index (χ1) is 14.0. The van der Waals surface area contributed by atoms with Crippen LogP contribution in [0.3, 0.4) is 0 Å². The van der Waals surface area contributed by atoms with E-state index < -0.39 is 0 Å². The van der Waals surface area contributed by atoms with Crippen LogP contribution in [0.15, 0.2) is 61.1 Å². The van der Waals surface area contributed by atoms with Crippen molar-refractivity contribution in [3.05, 3.63) is 78.1 Å². The lowest BCUT2D eigenvalue weighted by atomic mass is 10.0. The molecule has 2 aromatic heterocycles. The summed E-state index contributed by atoms with van der Waals surface area (Å²) in [5.74, 6) is 1.06. The van der Waals surface area contributed by atoms with Crippen LogP contribution < -0.4 is 10.1 Å². The summed E-state index contributed by atoms with van der Waals surface area (Å²) in [7, 11) is 1.61. The molecule has 1 unspecified atom stereocenters. The third-order valence-electron chi connectivity index (χ3n) is 4.89. The van der Waals surface area contributed by atoms with Crippen LogP contribution in [0.25, 0.3) is 22.0 Å². The molecule has 2 heterocycles. The number of nitrogens with one attached hydrogen (secondary N) is 1. The summed E-state index contributed by atoms with van der Waals surface area (Å²) in [6.45, 7) is 4.02. The molecule has 0 saturated heterocycles. The fraction of sp³-hybridized carbons (Fsp3) is 0.174. The molecule has 6 heteroatoms. The van der Waals surface area contributed by atoms with Gasteiger partial charge in [-0.25, -0.2) is 14.4 Å². The lowest BCUT2D eigenvalue weighted by Crippen LogP contribution is -2.09. The molecule has 4 aromatic rings. The van der Waals surface area contributed by atoms with Crippen LogP contribution >= 0.6 is 0 Å². The Bertz CT molecular complexity index is 1140.